The van der Waals surface area contributed by atoms with Crippen molar-refractivity contribution in [3.05, 3.63) is 36.4 Å². The number of anilines is 1. The van der Waals surface area contributed by atoms with E-state index >= 15 is 0 Å². The molecule has 0 radical (unpaired) electrons. The van der Waals surface area contributed by atoms with Gasteiger partial charge >= 0.3 is 0 Å². The van der Waals surface area contributed by atoms with Gasteiger partial charge in [-0.05, 0) is 24.6 Å². The van der Waals surface area contributed by atoms with E-state index in [4.69, 9.17) is 0 Å². The highest BCUT2D eigenvalue weighted by molar-refractivity contribution is 7.99. The molecule has 1 amide bonds. The van der Waals surface area contributed by atoms with Crippen LogP contribution in [0.2, 0.25) is 0 Å². The molecular weight excluding hydrogens is 320 g/mol. The van der Waals surface area contributed by atoms with E-state index in [-0.39, 0.29) is 18.0 Å². The van der Waals surface area contributed by atoms with Crippen LogP contribution in [0, 0.1) is 0 Å². The fraction of sp³-hybridized carbons (Fsp3) is 0.444. The van der Waals surface area contributed by atoms with Crippen LogP contribution < -0.4 is 10.6 Å². The van der Waals surface area contributed by atoms with Crippen LogP contribution >= 0.6 is 11.8 Å². The van der Waals surface area contributed by atoms with Crippen molar-refractivity contribution in [1.82, 2.24) is 15.2 Å². The molecule has 5 nitrogen and oxygen atoms in total. The summed E-state index contributed by atoms with van der Waals surface area (Å²) in [4.78, 5) is 19.3. The van der Waals surface area contributed by atoms with Crippen LogP contribution in [-0.2, 0) is 4.79 Å². The molecule has 0 saturated carbocycles. The molecular formula is C18H22N4OS. The van der Waals surface area contributed by atoms with Crippen molar-refractivity contribution in [2.45, 2.75) is 18.5 Å². The average Bonchev–Trinajstić information content (AvgIpc) is 3.10. The van der Waals surface area contributed by atoms with Gasteiger partial charge in [0.05, 0.1) is 11.6 Å². The van der Waals surface area contributed by atoms with Gasteiger partial charge in [0.15, 0.2) is 0 Å². The molecule has 24 heavy (non-hydrogen) atoms. The van der Waals surface area contributed by atoms with Crippen LogP contribution in [-0.4, -0.2) is 59.0 Å². The van der Waals surface area contributed by atoms with Crippen molar-refractivity contribution < 1.29 is 4.79 Å². The Balaban J connectivity index is 1.38. The zero-order valence-electron chi connectivity index (χ0n) is 13.6. The molecule has 126 valence electrons. The van der Waals surface area contributed by atoms with Crippen LogP contribution in [0.4, 0.5) is 5.82 Å². The summed E-state index contributed by atoms with van der Waals surface area (Å²) in [6.45, 7) is 2.56. The van der Waals surface area contributed by atoms with Crippen molar-refractivity contribution >= 4 is 34.4 Å². The summed E-state index contributed by atoms with van der Waals surface area (Å²) in [5.74, 6) is 3.25. The van der Waals surface area contributed by atoms with E-state index in [1.165, 1.54) is 0 Å². The summed E-state index contributed by atoms with van der Waals surface area (Å²) >= 11 is 1.93. The summed E-state index contributed by atoms with van der Waals surface area (Å²) < 4.78 is 0. The number of fused-ring (bicyclic) bond motifs is 1. The van der Waals surface area contributed by atoms with Gasteiger partial charge in [-0.15, -0.1) is 0 Å². The van der Waals surface area contributed by atoms with Gasteiger partial charge < -0.3 is 15.5 Å². The summed E-state index contributed by atoms with van der Waals surface area (Å²) in [6, 6.07) is 12.4. The quantitative estimate of drug-likeness (QED) is 0.893. The third-order valence-electron chi connectivity index (χ3n) is 4.70. The van der Waals surface area contributed by atoms with Crippen LogP contribution in [0.15, 0.2) is 36.4 Å². The Bertz CT molecular complexity index is 732. The van der Waals surface area contributed by atoms with E-state index in [9.17, 15) is 4.79 Å². The Morgan fingerprint density at radius 1 is 1.21 bits per heavy atom. The molecule has 3 heterocycles. The van der Waals surface area contributed by atoms with Crippen LogP contribution in [0.5, 0.6) is 0 Å². The molecule has 0 bridgehead atoms. The van der Waals surface area contributed by atoms with Gasteiger partial charge in [0.1, 0.15) is 5.82 Å². The van der Waals surface area contributed by atoms with Crippen molar-refractivity contribution in [3.8, 4) is 0 Å². The molecule has 2 aliphatic heterocycles. The van der Waals surface area contributed by atoms with E-state index < -0.39 is 0 Å². The molecule has 4 rings (SSSR count). The molecule has 1 aromatic carbocycles. The minimum atomic E-state index is -0.0638. The fourth-order valence-corrected chi connectivity index (χ4v) is 4.30. The molecule has 0 spiro atoms. The maximum atomic E-state index is 12.6. The Morgan fingerprint density at radius 3 is 2.92 bits per heavy atom. The Hall–Kier alpha value is -1.79. The van der Waals surface area contributed by atoms with Crippen molar-refractivity contribution in [1.29, 1.82) is 0 Å². The number of nitrogens with one attached hydrogen (secondary N) is 2. The third-order valence-corrected chi connectivity index (χ3v) is 5.64. The molecule has 1 aromatic heterocycles. The first-order valence-corrected chi connectivity index (χ1v) is 9.67. The minimum absolute atomic E-state index is 0.0638. The highest BCUT2D eigenvalue weighted by Crippen LogP contribution is 2.19. The second-order valence-corrected chi connectivity index (χ2v) is 7.59. The number of pyridine rings is 1. The first-order chi connectivity index (χ1) is 11.8. The highest BCUT2D eigenvalue weighted by Gasteiger charge is 2.32. The molecule has 2 atom stereocenters. The normalized spacial score (nSPS) is 24.2. The molecule has 2 aromatic rings. The topological polar surface area (TPSA) is 57.3 Å². The van der Waals surface area contributed by atoms with Crippen LogP contribution in [0.25, 0.3) is 10.9 Å². The highest BCUT2D eigenvalue weighted by atomic mass is 32.2. The maximum absolute atomic E-state index is 12.6. The molecule has 2 saturated heterocycles. The first kappa shape index (κ1) is 15.7. The van der Waals surface area contributed by atoms with E-state index in [0.717, 1.165) is 54.3 Å². The van der Waals surface area contributed by atoms with Gasteiger partial charge in [0.25, 0.3) is 0 Å². The largest absolute Gasteiger partial charge is 0.366 e. The molecule has 0 aliphatic carbocycles. The van der Waals surface area contributed by atoms with Crippen molar-refractivity contribution in [2.75, 3.05) is 36.5 Å². The number of amides is 1. The number of hydrogen-bond acceptors (Lipinski definition) is 5. The Labute approximate surface area is 146 Å². The molecule has 0 unspecified atom stereocenters. The average molecular weight is 342 g/mol. The van der Waals surface area contributed by atoms with Crippen molar-refractivity contribution in [3.63, 3.8) is 0 Å². The molecule has 6 heteroatoms. The summed E-state index contributed by atoms with van der Waals surface area (Å²) in [7, 11) is 0. The van der Waals surface area contributed by atoms with E-state index in [1.807, 2.05) is 40.9 Å². The number of rotatable bonds is 3. The first-order valence-electron chi connectivity index (χ1n) is 8.52. The number of carbonyl (C=O) groups excluding carboxylic acids is 1. The third kappa shape index (κ3) is 3.35. The van der Waals surface area contributed by atoms with Crippen LogP contribution in [0.1, 0.15) is 6.42 Å². The van der Waals surface area contributed by atoms with Gasteiger partial charge in [0.2, 0.25) is 5.91 Å². The van der Waals surface area contributed by atoms with Gasteiger partial charge in [-0.25, -0.2) is 4.98 Å². The lowest BCUT2D eigenvalue weighted by Gasteiger charge is -2.28. The number of benzene rings is 1. The van der Waals surface area contributed by atoms with Gasteiger partial charge in [-0.1, -0.05) is 18.2 Å². The number of carbonyl (C=O) groups is 1. The predicted octanol–water partition coefficient (Wildman–Crippen LogP) is 1.95. The number of para-hydroxylation sites is 1. The Morgan fingerprint density at radius 2 is 2.04 bits per heavy atom. The SMILES string of the molecule is O=C([C@@H]1C[C@H](Nc2ccc3ccccc3n2)CN1)N1CCSCC1. The summed E-state index contributed by atoms with van der Waals surface area (Å²) in [5.41, 5.74) is 0.992. The summed E-state index contributed by atoms with van der Waals surface area (Å²) in [6.07, 6.45) is 0.816. The zero-order valence-corrected chi connectivity index (χ0v) is 14.4. The summed E-state index contributed by atoms with van der Waals surface area (Å²) in [5, 5.41) is 7.99. The molecule has 2 aliphatic rings. The van der Waals surface area contributed by atoms with E-state index in [0.29, 0.717) is 0 Å². The van der Waals surface area contributed by atoms with Gasteiger partial charge in [-0.2, -0.15) is 11.8 Å². The van der Waals surface area contributed by atoms with Gasteiger partial charge in [-0.3, -0.25) is 4.79 Å². The van der Waals surface area contributed by atoms with Crippen LogP contribution in [0.3, 0.4) is 0 Å². The number of aromatic nitrogens is 1. The smallest absolute Gasteiger partial charge is 0.239 e. The van der Waals surface area contributed by atoms with Crippen molar-refractivity contribution in [2.24, 2.45) is 0 Å². The lowest BCUT2D eigenvalue weighted by Crippen LogP contribution is -2.46. The minimum Gasteiger partial charge on any atom is -0.366 e. The van der Waals surface area contributed by atoms with E-state index in [2.05, 4.69) is 27.8 Å². The number of nitrogens with zero attached hydrogens (tertiary/aromatic N) is 2. The number of thioether (sulfide) groups is 1. The maximum Gasteiger partial charge on any atom is 0.239 e. The lowest BCUT2D eigenvalue weighted by molar-refractivity contribution is -0.132. The second kappa shape index (κ2) is 6.99. The standard InChI is InChI=1S/C18H22N4OS/c23-18(22-7-9-24-10-8-22)16-11-14(12-19-16)20-17-6-5-13-3-1-2-4-15(13)21-17/h1-6,14,16,19H,7-12H2,(H,20,21)/t14-,16-/m0/s1. The second-order valence-electron chi connectivity index (χ2n) is 6.36. The number of hydrogen-bond donors (Lipinski definition) is 2. The lowest BCUT2D eigenvalue weighted by atomic mass is 10.1. The molecule has 2 N–H and O–H groups in total. The van der Waals surface area contributed by atoms with E-state index in [1.54, 1.807) is 0 Å². The monoisotopic (exact) mass is 342 g/mol. The van der Waals surface area contributed by atoms with Gasteiger partial charge in [0, 0.05) is 42.6 Å². The Kier molecular flexibility index (Phi) is 4.58. The fourth-order valence-electron chi connectivity index (χ4n) is 3.39. The zero-order chi connectivity index (χ0) is 16.4. The predicted molar refractivity (Wildman–Crippen MR) is 99.5 cm³/mol. The molecule has 2 fully saturated rings.